The van der Waals surface area contributed by atoms with Crippen LogP contribution in [0.15, 0.2) is 76.2 Å². The predicted molar refractivity (Wildman–Crippen MR) is 147 cm³/mol. The van der Waals surface area contributed by atoms with Gasteiger partial charge in [0.1, 0.15) is 11.5 Å². The fourth-order valence-electron chi connectivity index (χ4n) is 4.50. The molecule has 2 heterocycles. The SMILES string of the molecule is Cc1nc(-c2cc(-c3cccc(S(C)(=O)=O)c3)ccc2-n2cc(C(F)(F)F)nc2C)c(-c2ccc(N)c(C)c2)o1. The zero-order valence-corrected chi connectivity index (χ0v) is 22.9. The summed E-state index contributed by atoms with van der Waals surface area (Å²) >= 11 is 0. The largest absolute Gasteiger partial charge is 0.440 e. The molecule has 2 N–H and O–H groups in total. The first-order chi connectivity index (χ1) is 18.7. The number of benzene rings is 3. The number of alkyl halides is 3. The number of nitrogen functional groups attached to an aromatic ring is 1. The smallest absolute Gasteiger partial charge is 0.434 e. The second-order valence-corrected chi connectivity index (χ2v) is 11.6. The third kappa shape index (κ3) is 5.12. The quantitative estimate of drug-likeness (QED) is 0.235. The lowest BCUT2D eigenvalue weighted by Gasteiger charge is -2.14. The molecule has 0 bridgehead atoms. The van der Waals surface area contributed by atoms with Gasteiger partial charge in [0, 0.05) is 36.2 Å². The van der Waals surface area contributed by atoms with Crippen LogP contribution in [0.3, 0.4) is 0 Å². The van der Waals surface area contributed by atoms with Gasteiger partial charge < -0.3 is 14.7 Å². The highest BCUT2D eigenvalue weighted by atomic mass is 32.2. The number of oxazole rings is 1. The van der Waals surface area contributed by atoms with Crippen LogP contribution in [0.1, 0.15) is 23.0 Å². The zero-order valence-electron chi connectivity index (χ0n) is 22.0. The molecule has 0 amide bonds. The Labute approximate surface area is 229 Å². The highest BCUT2D eigenvalue weighted by molar-refractivity contribution is 7.90. The number of anilines is 1. The summed E-state index contributed by atoms with van der Waals surface area (Å²) in [5, 5.41) is 0. The number of hydrogen-bond acceptors (Lipinski definition) is 6. The molecule has 5 rings (SSSR count). The summed E-state index contributed by atoms with van der Waals surface area (Å²) in [5.74, 6) is 0.899. The lowest BCUT2D eigenvalue weighted by atomic mass is 9.97. The van der Waals surface area contributed by atoms with Crippen molar-refractivity contribution in [1.29, 1.82) is 0 Å². The molecule has 0 saturated heterocycles. The first-order valence-electron chi connectivity index (χ1n) is 12.1. The summed E-state index contributed by atoms with van der Waals surface area (Å²) in [6, 6.07) is 17.0. The van der Waals surface area contributed by atoms with Gasteiger partial charge in [0.2, 0.25) is 0 Å². The molecule has 40 heavy (non-hydrogen) atoms. The molecule has 0 aliphatic heterocycles. The summed E-state index contributed by atoms with van der Waals surface area (Å²) < 4.78 is 72.3. The second kappa shape index (κ2) is 9.67. The van der Waals surface area contributed by atoms with Crippen molar-refractivity contribution < 1.29 is 26.0 Å². The van der Waals surface area contributed by atoms with Crippen LogP contribution in [-0.2, 0) is 16.0 Å². The topological polar surface area (TPSA) is 104 Å². The average molecular weight is 567 g/mol. The highest BCUT2D eigenvalue weighted by Gasteiger charge is 2.35. The van der Waals surface area contributed by atoms with Crippen molar-refractivity contribution in [3.8, 4) is 39.4 Å². The molecule has 0 saturated carbocycles. The van der Waals surface area contributed by atoms with E-state index in [-0.39, 0.29) is 10.7 Å². The van der Waals surface area contributed by atoms with Crippen molar-refractivity contribution in [3.63, 3.8) is 0 Å². The Morgan fingerprint density at radius 3 is 2.25 bits per heavy atom. The predicted octanol–water partition coefficient (Wildman–Crippen LogP) is 6.79. The summed E-state index contributed by atoms with van der Waals surface area (Å²) in [6.45, 7) is 5.03. The van der Waals surface area contributed by atoms with Crippen LogP contribution in [-0.4, -0.2) is 29.2 Å². The molecule has 11 heteroatoms. The van der Waals surface area contributed by atoms with Crippen LogP contribution in [0.2, 0.25) is 0 Å². The van der Waals surface area contributed by atoms with E-state index in [0.29, 0.717) is 51.0 Å². The first-order valence-corrected chi connectivity index (χ1v) is 14.0. The number of imidazole rings is 1. The van der Waals surface area contributed by atoms with E-state index >= 15 is 0 Å². The lowest BCUT2D eigenvalue weighted by molar-refractivity contribution is -0.141. The number of aromatic nitrogens is 3. The molecular weight excluding hydrogens is 541 g/mol. The number of nitrogens with two attached hydrogens (primary N) is 1. The van der Waals surface area contributed by atoms with Gasteiger partial charge in [-0.3, -0.25) is 0 Å². The van der Waals surface area contributed by atoms with E-state index in [2.05, 4.69) is 9.97 Å². The van der Waals surface area contributed by atoms with Crippen molar-refractivity contribution >= 4 is 15.5 Å². The van der Waals surface area contributed by atoms with Gasteiger partial charge in [-0.05, 0) is 73.0 Å². The van der Waals surface area contributed by atoms with Crippen LogP contribution < -0.4 is 5.73 Å². The molecule has 2 aromatic heterocycles. The standard InChI is InChI=1S/C29H25F3N4O3S/c1-16-12-21(8-10-24(16)33)28-27(35-18(3)39-28)23-14-20(19-6-5-7-22(13-19)40(4,37)38)9-11-25(23)36-15-26(29(30,31)32)34-17(36)2/h5-15H,33H2,1-4H3. The number of nitrogens with zero attached hydrogens (tertiary/aromatic N) is 3. The molecule has 0 fully saturated rings. The molecule has 206 valence electrons. The van der Waals surface area contributed by atoms with E-state index in [1.807, 2.05) is 13.0 Å². The van der Waals surface area contributed by atoms with Gasteiger partial charge in [-0.15, -0.1) is 0 Å². The van der Waals surface area contributed by atoms with Crippen molar-refractivity contribution in [2.45, 2.75) is 31.8 Å². The van der Waals surface area contributed by atoms with Gasteiger partial charge in [-0.25, -0.2) is 18.4 Å². The normalized spacial score (nSPS) is 12.2. The number of halogens is 3. The monoisotopic (exact) mass is 566 g/mol. The molecule has 7 nitrogen and oxygen atoms in total. The summed E-state index contributed by atoms with van der Waals surface area (Å²) in [6.07, 6.45) is -2.56. The van der Waals surface area contributed by atoms with E-state index in [9.17, 15) is 21.6 Å². The van der Waals surface area contributed by atoms with Gasteiger partial charge in [0.15, 0.2) is 27.2 Å². The van der Waals surface area contributed by atoms with Crippen LogP contribution in [0.4, 0.5) is 18.9 Å². The minimum atomic E-state index is -4.63. The molecule has 3 aromatic carbocycles. The van der Waals surface area contributed by atoms with Crippen molar-refractivity contribution in [2.75, 3.05) is 12.0 Å². The van der Waals surface area contributed by atoms with E-state index in [1.54, 1.807) is 55.5 Å². The zero-order chi connectivity index (χ0) is 29.0. The van der Waals surface area contributed by atoms with Crippen molar-refractivity contribution in [2.24, 2.45) is 0 Å². The maximum absolute atomic E-state index is 13.5. The number of rotatable bonds is 5. The molecule has 0 unspecified atom stereocenters. The molecule has 0 spiro atoms. The first kappa shape index (κ1) is 27.2. The molecular formula is C29H25F3N4O3S. The third-order valence-corrected chi connectivity index (χ3v) is 7.66. The Kier molecular flexibility index (Phi) is 6.57. The van der Waals surface area contributed by atoms with Crippen LogP contribution in [0.25, 0.3) is 39.4 Å². The van der Waals surface area contributed by atoms with Crippen LogP contribution in [0.5, 0.6) is 0 Å². The molecule has 0 atom stereocenters. The average Bonchev–Trinajstić information content (AvgIpc) is 3.47. The summed E-state index contributed by atoms with van der Waals surface area (Å²) in [7, 11) is -3.47. The Hall–Kier alpha value is -4.38. The van der Waals surface area contributed by atoms with Gasteiger partial charge in [0.25, 0.3) is 0 Å². The molecule has 0 aliphatic carbocycles. The van der Waals surface area contributed by atoms with Gasteiger partial charge in [0.05, 0.1) is 10.6 Å². The number of aryl methyl sites for hydroxylation is 3. The minimum Gasteiger partial charge on any atom is -0.440 e. The Bertz CT molecular complexity index is 1870. The lowest BCUT2D eigenvalue weighted by Crippen LogP contribution is -2.05. The summed E-state index contributed by atoms with van der Waals surface area (Å²) in [4.78, 5) is 8.50. The van der Waals surface area contributed by atoms with E-state index in [4.69, 9.17) is 10.2 Å². The Morgan fingerprint density at radius 1 is 0.900 bits per heavy atom. The van der Waals surface area contributed by atoms with Crippen LogP contribution >= 0.6 is 0 Å². The maximum Gasteiger partial charge on any atom is 0.434 e. The Morgan fingerprint density at radius 2 is 1.60 bits per heavy atom. The van der Waals surface area contributed by atoms with E-state index < -0.39 is 21.7 Å². The fraction of sp³-hybridized carbons (Fsp3) is 0.172. The molecule has 5 aromatic rings. The maximum atomic E-state index is 13.5. The van der Waals surface area contributed by atoms with E-state index in [1.165, 1.54) is 17.6 Å². The summed E-state index contributed by atoms with van der Waals surface area (Å²) in [5.41, 5.74) is 9.62. The minimum absolute atomic E-state index is 0.130. The second-order valence-electron chi connectivity index (χ2n) is 9.56. The number of sulfone groups is 1. The van der Waals surface area contributed by atoms with Gasteiger partial charge in [-0.1, -0.05) is 18.2 Å². The van der Waals surface area contributed by atoms with Crippen molar-refractivity contribution in [3.05, 3.63) is 89.8 Å². The molecule has 0 radical (unpaired) electrons. The van der Waals surface area contributed by atoms with E-state index in [0.717, 1.165) is 18.0 Å². The fourth-order valence-corrected chi connectivity index (χ4v) is 5.16. The molecule has 0 aliphatic rings. The third-order valence-electron chi connectivity index (χ3n) is 6.55. The van der Waals surface area contributed by atoms with Gasteiger partial charge >= 0.3 is 6.18 Å². The number of hydrogen-bond donors (Lipinski definition) is 1. The highest BCUT2D eigenvalue weighted by Crippen LogP contribution is 2.40. The van der Waals surface area contributed by atoms with Crippen molar-refractivity contribution in [1.82, 2.24) is 14.5 Å². The Balaban J connectivity index is 1.78. The van der Waals surface area contributed by atoms with Crippen LogP contribution in [0, 0.1) is 20.8 Å². The van der Waals surface area contributed by atoms with Gasteiger partial charge in [-0.2, -0.15) is 13.2 Å².